The molecule has 0 saturated carbocycles. The third-order valence-corrected chi connectivity index (χ3v) is 7.18. The standard InChI is InChI=1S/C32H42O7/c1-2-9-27-29(17-16-26-28(33)19-21-39-32(26)27)38-20-8-4-3-5-11-24-14-13-23(10-6-7-12-30(34)35)22-25(24)15-18-31(36)37/h13-14,16-17,22H,2-12,15,18-21H2,1H3,(H,34,35)(H,36,37). The van der Waals surface area contributed by atoms with Gasteiger partial charge in [-0.3, -0.25) is 14.4 Å². The molecule has 39 heavy (non-hydrogen) atoms. The van der Waals surface area contributed by atoms with E-state index < -0.39 is 11.9 Å². The summed E-state index contributed by atoms with van der Waals surface area (Å²) in [6.07, 6.45) is 10.2. The van der Waals surface area contributed by atoms with Crippen molar-refractivity contribution in [2.75, 3.05) is 13.2 Å². The number of Topliss-reactive ketones (excluding diaryl/α,β-unsaturated/α-hetero) is 1. The van der Waals surface area contributed by atoms with Gasteiger partial charge in [-0.05, 0) is 80.2 Å². The highest BCUT2D eigenvalue weighted by molar-refractivity contribution is 6.00. The maximum Gasteiger partial charge on any atom is 0.303 e. The summed E-state index contributed by atoms with van der Waals surface area (Å²) in [6.45, 7) is 3.15. The molecular formula is C32H42O7. The minimum absolute atomic E-state index is 0.106. The molecule has 7 heteroatoms. The molecule has 1 heterocycles. The minimum atomic E-state index is -0.799. The molecule has 0 aliphatic carbocycles. The summed E-state index contributed by atoms with van der Waals surface area (Å²) >= 11 is 0. The largest absolute Gasteiger partial charge is 0.493 e. The Morgan fingerprint density at radius 1 is 0.846 bits per heavy atom. The average molecular weight is 539 g/mol. The van der Waals surface area contributed by atoms with Crippen molar-refractivity contribution < 1.29 is 34.1 Å². The van der Waals surface area contributed by atoms with Crippen LogP contribution in [0.1, 0.15) is 104 Å². The Morgan fingerprint density at radius 3 is 2.38 bits per heavy atom. The molecule has 3 rings (SSSR count). The maximum atomic E-state index is 12.2. The Kier molecular flexibility index (Phi) is 12.3. The van der Waals surface area contributed by atoms with Crippen molar-refractivity contribution in [3.63, 3.8) is 0 Å². The molecule has 2 N–H and O–H groups in total. The summed E-state index contributed by atoms with van der Waals surface area (Å²) in [5, 5.41) is 18.0. The normalized spacial score (nSPS) is 12.6. The number of hydrogen-bond acceptors (Lipinski definition) is 5. The highest BCUT2D eigenvalue weighted by Crippen LogP contribution is 2.36. The summed E-state index contributed by atoms with van der Waals surface area (Å²) in [5.74, 6) is 0.0850. The van der Waals surface area contributed by atoms with E-state index in [1.54, 1.807) is 0 Å². The van der Waals surface area contributed by atoms with Crippen LogP contribution in [-0.2, 0) is 35.3 Å². The van der Waals surface area contributed by atoms with E-state index in [2.05, 4.69) is 25.1 Å². The molecule has 7 nitrogen and oxygen atoms in total. The van der Waals surface area contributed by atoms with Crippen molar-refractivity contribution in [1.29, 1.82) is 0 Å². The Bertz CT molecular complexity index is 1120. The zero-order chi connectivity index (χ0) is 28.0. The minimum Gasteiger partial charge on any atom is -0.493 e. The lowest BCUT2D eigenvalue weighted by molar-refractivity contribution is -0.138. The number of benzene rings is 2. The van der Waals surface area contributed by atoms with Crippen LogP contribution in [0, 0.1) is 0 Å². The van der Waals surface area contributed by atoms with Crippen LogP contribution in [-0.4, -0.2) is 41.1 Å². The summed E-state index contributed by atoms with van der Waals surface area (Å²) < 4.78 is 12.0. The summed E-state index contributed by atoms with van der Waals surface area (Å²) in [5.41, 5.74) is 5.11. The summed E-state index contributed by atoms with van der Waals surface area (Å²) in [4.78, 5) is 34.1. The number of carboxylic acid groups (broad SMARTS) is 2. The lowest BCUT2D eigenvalue weighted by Crippen LogP contribution is -2.17. The van der Waals surface area contributed by atoms with E-state index >= 15 is 0 Å². The number of carboxylic acids is 2. The molecule has 1 aliphatic heterocycles. The number of aryl methyl sites for hydroxylation is 3. The molecule has 0 unspecified atom stereocenters. The van der Waals surface area contributed by atoms with Crippen LogP contribution < -0.4 is 9.47 Å². The van der Waals surface area contributed by atoms with Crippen LogP contribution in [0.4, 0.5) is 0 Å². The quantitative estimate of drug-likeness (QED) is 0.206. The van der Waals surface area contributed by atoms with E-state index in [0.29, 0.717) is 43.8 Å². The molecule has 212 valence electrons. The fraction of sp³-hybridized carbons (Fsp3) is 0.531. The SMILES string of the molecule is CCCc1c(OCCCCCCc2ccc(CCCCC(=O)O)cc2CCC(=O)O)ccc2c1OCCC2=O. The third kappa shape index (κ3) is 9.72. The highest BCUT2D eigenvalue weighted by Gasteiger charge is 2.23. The first kappa shape index (κ1) is 30.2. The number of fused-ring (bicyclic) bond motifs is 1. The molecule has 2 aromatic rings. The number of hydrogen-bond donors (Lipinski definition) is 2. The van der Waals surface area contributed by atoms with Crippen LogP contribution in [0.5, 0.6) is 11.5 Å². The fourth-order valence-corrected chi connectivity index (χ4v) is 5.11. The average Bonchev–Trinajstić information content (AvgIpc) is 2.91. The van der Waals surface area contributed by atoms with Gasteiger partial charge in [0.1, 0.15) is 11.5 Å². The predicted molar refractivity (Wildman–Crippen MR) is 150 cm³/mol. The predicted octanol–water partition coefficient (Wildman–Crippen LogP) is 6.60. The molecule has 1 aliphatic rings. The lowest BCUT2D eigenvalue weighted by atomic mass is 9.94. The molecule has 0 atom stereocenters. The van der Waals surface area contributed by atoms with Crippen LogP contribution >= 0.6 is 0 Å². The molecule has 0 amide bonds. The van der Waals surface area contributed by atoms with Crippen molar-refractivity contribution in [2.24, 2.45) is 0 Å². The topological polar surface area (TPSA) is 110 Å². The molecule has 0 saturated heterocycles. The van der Waals surface area contributed by atoms with Gasteiger partial charge < -0.3 is 19.7 Å². The van der Waals surface area contributed by atoms with Gasteiger partial charge in [0.25, 0.3) is 0 Å². The van der Waals surface area contributed by atoms with Crippen LogP contribution in [0.2, 0.25) is 0 Å². The zero-order valence-corrected chi connectivity index (χ0v) is 23.1. The number of carbonyl (C=O) groups is 3. The second-order valence-electron chi connectivity index (χ2n) is 10.3. The molecule has 0 bridgehead atoms. The monoisotopic (exact) mass is 538 g/mol. The first-order valence-corrected chi connectivity index (χ1v) is 14.4. The Morgan fingerprint density at radius 2 is 1.62 bits per heavy atom. The van der Waals surface area contributed by atoms with Gasteiger partial charge in [0, 0.05) is 24.8 Å². The first-order valence-electron chi connectivity index (χ1n) is 14.4. The van der Waals surface area contributed by atoms with Gasteiger partial charge in [-0.2, -0.15) is 0 Å². The van der Waals surface area contributed by atoms with Gasteiger partial charge in [-0.1, -0.05) is 44.4 Å². The zero-order valence-electron chi connectivity index (χ0n) is 23.1. The Labute approximate surface area is 231 Å². The van der Waals surface area contributed by atoms with E-state index in [1.807, 2.05) is 12.1 Å². The molecular weight excluding hydrogens is 496 g/mol. The number of aliphatic carboxylic acids is 2. The summed E-state index contributed by atoms with van der Waals surface area (Å²) in [6, 6.07) is 10.1. The van der Waals surface area contributed by atoms with Crippen LogP contribution in [0.15, 0.2) is 30.3 Å². The number of unbranched alkanes of at least 4 members (excludes halogenated alkanes) is 4. The van der Waals surface area contributed by atoms with Gasteiger partial charge in [0.05, 0.1) is 18.8 Å². The fourth-order valence-electron chi connectivity index (χ4n) is 5.11. The third-order valence-electron chi connectivity index (χ3n) is 7.18. The molecule has 0 fully saturated rings. The van der Waals surface area contributed by atoms with Crippen molar-refractivity contribution in [1.82, 2.24) is 0 Å². The molecule has 0 radical (unpaired) electrons. The van der Waals surface area contributed by atoms with Crippen LogP contribution in [0.25, 0.3) is 0 Å². The van der Waals surface area contributed by atoms with Gasteiger partial charge >= 0.3 is 11.9 Å². The van der Waals surface area contributed by atoms with E-state index in [4.69, 9.17) is 19.7 Å². The van der Waals surface area contributed by atoms with E-state index in [-0.39, 0.29) is 18.6 Å². The molecule has 2 aromatic carbocycles. The highest BCUT2D eigenvalue weighted by atomic mass is 16.5. The number of carbonyl (C=O) groups excluding carboxylic acids is 1. The lowest BCUT2D eigenvalue weighted by Gasteiger charge is -2.22. The van der Waals surface area contributed by atoms with E-state index in [1.165, 1.54) is 5.56 Å². The number of ketones is 1. The second kappa shape index (κ2) is 15.9. The Balaban J connectivity index is 1.45. The van der Waals surface area contributed by atoms with Crippen molar-refractivity contribution in [3.05, 3.63) is 58.1 Å². The number of ether oxygens (including phenoxy) is 2. The van der Waals surface area contributed by atoms with Crippen molar-refractivity contribution in [3.8, 4) is 11.5 Å². The van der Waals surface area contributed by atoms with Crippen molar-refractivity contribution >= 4 is 17.7 Å². The van der Waals surface area contributed by atoms with Gasteiger partial charge in [0.15, 0.2) is 5.78 Å². The molecule has 0 aromatic heterocycles. The van der Waals surface area contributed by atoms with E-state index in [0.717, 1.165) is 80.2 Å². The van der Waals surface area contributed by atoms with Gasteiger partial charge in [-0.15, -0.1) is 0 Å². The van der Waals surface area contributed by atoms with Gasteiger partial charge in [-0.25, -0.2) is 0 Å². The Hall–Kier alpha value is -3.35. The van der Waals surface area contributed by atoms with Gasteiger partial charge in [0.2, 0.25) is 0 Å². The van der Waals surface area contributed by atoms with Crippen molar-refractivity contribution in [2.45, 2.75) is 96.8 Å². The molecule has 0 spiro atoms. The second-order valence-corrected chi connectivity index (χ2v) is 10.3. The van der Waals surface area contributed by atoms with E-state index in [9.17, 15) is 14.4 Å². The summed E-state index contributed by atoms with van der Waals surface area (Å²) in [7, 11) is 0. The first-order chi connectivity index (χ1) is 18.9. The maximum absolute atomic E-state index is 12.2. The number of rotatable bonds is 18. The van der Waals surface area contributed by atoms with Crippen LogP contribution in [0.3, 0.4) is 0 Å². The smallest absolute Gasteiger partial charge is 0.303 e.